The lowest BCUT2D eigenvalue weighted by molar-refractivity contribution is -0.113. The highest BCUT2D eigenvalue weighted by Crippen LogP contribution is 2.22. The Bertz CT molecular complexity index is 1200. The first-order valence-corrected chi connectivity index (χ1v) is 10.5. The third-order valence-electron chi connectivity index (χ3n) is 4.59. The van der Waals surface area contributed by atoms with Crippen LogP contribution in [0.4, 0.5) is 5.69 Å². The number of thioether (sulfide) groups is 1. The Morgan fingerprint density at radius 3 is 2.10 bits per heavy atom. The molecule has 4 rings (SSSR count). The molecule has 150 valence electrons. The van der Waals surface area contributed by atoms with Crippen LogP contribution in [0.5, 0.6) is 0 Å². The van der Waals surface area contributed by atoms with E-state index in [1.807, 2.05) is 91.9 Å². The van der Waals surface area contributed by atoms with E-state index in [1.54, 1.807) is 15.3 Å². The first-order chi connectivity index (χ1) is 14.6. The molecule has 0 aliphatic heterocycles. The number of hydrogen-bond donors (Lipinski definition) is 1. The number of carbonyl (C=O) groups is 1. The SMILES string of the molecule is Cc1ccc(NC(=O)CSc2cn(-c3ccccc3)c(=O)n2-c2ccccc2)cc1. The fourth-order valence-corrected chi connectivity index (χ4v) is 3.93. The van der Waals surface area contributed by atoms with Gasteiger partial charge in [-0.15, -0.1) is 0 Å². The van der Waals surface area contributed by atoms with Gasteiger partial charge in [-0.1, -0.05) is 65.9 Å². The van der Waals surface area contributed by atoms with Crippen LogP contribution in [-0.4, -0.2) is 20.8 Å². The number of nitrogens with zero attached hydrogens (tertiary/aromatic N) is 2. The molecule has 4 aromatic rings. The highest BCUT2D eigenvalue weighted by atomic mass is 32.2. The van der Waals surface area contributed by atoms with E-state index in [9.17, 15) is 9.59 Å². The fraction of sp³-hybridized carbons (Fsp3) is 0.0833. The number of benzene rings is 3. The minimum Gasteiger partial charge on any atom is -0.325 e. The van der Waals surface area contributed by atoms with Crippen LogP contribution in [0, 0.1) is 6.92 Å². The van der Waals surface area contributed by atoms with Crippen LogP contribution in [0.25, 0.3) is 11.4 Å². The van der Waals surface area contributed by atoms with Crippen LogP contribution in [0.3, 0.4) is 0 Å². The van der Waals surface area contributed by atoms with Gasteiger partial charge in [0.25, 0.3) is 0 Å². The van der Waals surface area contributed by atoms with Crippen LogP contribution >= 0.6 is 11.8 Å². The fourth-order valence-electron chi connectivity index (χ4n) is 3.09. The van der Waals surface area contributed by atoms with Gasteiger partial charge in [0.1, 0.15) is 5.03 Å². The van der Waals surface area contributed by atoms with E-state index in [2.05, 4.69) is 5.32 Å². The van der Waals surface area contributed by atoms with Crippen molar-refractivity contribution in [1.29, 1.82) is 0 Å². The molecule has 1 N–H and O–H groups in total. The summed E-state index contributed by atoms with van der Waals surface area (Å²) in [5.74, 6) is 0.0715. The van der Waals surface area contributed by atoms with E-state index in [1.165, 1.54) is 11.8 Å². The third kappa shape index (κ3) is 4.39. The first-order valence-electron chi connectivity index (χ1n) is 9.56. The summed E-state index contributed by atoms with van der Waals surface area (Å²) in [7, 11) is 0. The van der Waals surface area contributed by atoms with Crippen LogP contribution < -0.4 is 11.0 Å². The van der Waals surface area contributed by atoms with Crippen molar-refractivity contribution in [3.05, 3.63) is 107 Å². The maximum Gasteiger partial charge on any atom is 0.338 e. The summed E-state index contributed by atoms with van der Waals surface area (Å²) in [6.45, 7) is 2.00. The van der Waals surface area contributed by atoms with Gasteiger partial charge in [-0.2, -0.15) is 0 Å². The lowest BCUT2D eigenvalue weighted by Gasteiger charge is -2.08. The van der Waals surface area contributed by atoms with E-state index in [0.717, 1.165) is 22.6 Å². The lowest BCUT2D eigenvalue weighted by atomic mass is 10.2. The summed E-state index contributed by atoms with van der Waals surface area (Å²) in [5, 5.41) is 3.60. The van der Waals surface area contributed by atoms with Crippen molar-refractivity contribution in [3.8, 4) is 11.4 Å². The zero-order chi connectivity index (χ0) is 20.9. The predicted octanol–water partition coefficient (Wildman–Crippen LogP) is 4.67. The van der Waals surface area contributed by atoms with Gasteiger partial charge in [-0.05, 0) is 43.3 Å². The topological polar surface area (TPSA) is 56.0 Å². The molecule has 0 atom stereocenters. The Labute approximate surface area is 179 Å². The number of hydrogen-bond acceptors (Lipinski definition) is 3. The predicted molar refractivity (Wildman–Crippen MR) is 122 cm³/mol. The molecule has 0 aliphatic rings. The van der Waals surface area contributed by atoms with Crippen molar-refractivity contribution in [2.75, 3.05) is 11.1 Å². The van der Waals surface area contributed by atoms with Gasteiger partial charge in [0.15, 0.2) is 0 Å². The number of aromatic nitrogens is 2. The number of rotatable bonds is 6. The maximum atomic E-state index is 13.2. The van der Waals surface area contributed by atoms with Crippen molar-refractivity contribution < 1.29 is 4.79 Å². The van der Waals surface area contributed by atoms with E-state index in [0.29, 0.717) is 5.03 Å². The third-order valence-corrected chi connectivity index (χ3v) is 5.58. The molecule has 0 aliphatic carbocycles. The molecular weight excluding hydrogens is 394 g/mol. The molecule has 0 spiro atoms. The summed E-state index contributed by atoms with van der Waals surface area (Å²) in [6, 6.07) is 26.6. The minimum atomic E-state index is -0.172. The maximum absolute atomic E-state index is 13.2. The summed E-state index contributed by atoms with van der Waals surface area (Å²) in [4.78, 5) is 25.6. The second kappa shape index (κ2) is 8.88. The highest BCUT2D eigenvalue weighted by molar-refractivity contribution is 7.99. The zero-order valence-electron chi connectivity index (χ0n) is 16.5. The molecule has 0 bridgehead atoms. The molecule has 0 radical (unpaired) electrons. The molecule has 0 saturated heterocycles. The Balaban J connectivity index is 1.61. The largest absolute Gasteiger partial charge is 0.338 e. The van der Waals surface area contributed by atoms with Crippen molar-refractivity contribution in [2.24, 2.45) is 0 Å². The van der Waals surface area contributed by atoms with Crippen LogP contribution in [0.15, 0.2) is 101 Å². The van der Waals surface area contributed by atoms with Crippen molar-refractivity contribution in [3.63, 3.8) is 0 Å². The monoisotopic (exact) mass is 415 g/mol. The van der Waals surface area contributed by atoms with Gasteiger partial charge >= 0.3 is 5.69 Å². The van der Waals surface area contributed by atoms with Crippen LogP contribution in [-0.2, 0) is 4.79 Å². The average Bonchev–Trinajstić information content (AvgIpc) is 3.11. The number of aryl methyl sites for hydroxylation is 1. The van der Waals surface area contributed by atoms with Gasteiger partial charge in [-0.25, -0.2) is 4.79 Å². The average molecular weight is 416 g/mol. The van der Waals surface area contributed by atoms with Crippen molar-refractivity contribution >= 4 is 23.4 Å². The van der Waals surface area contributed by atoms with Gasteiger partial charge in [-0.3, -0.25) is 13.9 Å². The van der Waals surface area contributed by atoms with Crippen LogP contribution in [0.2, 0.25) is 0 Å². The number of amides is 1. The molecule has 0 unspecified atom stereocenters. The minimum absolute atomic E-state index is 0.122. The second-order valence-electron chi connectivity index (χ2n) is 6.83. The standard InChI is InChI=1S/C24H21N3O2S/c1-18-12-14-19(15-13-18)25-22(28)17-30-23-16-26(20-8-4-2-5-9-20)24(29)27(23)21-10-6-3-7-11-21/h2-16H,17H2,1H3,(H,25,28). The number of imidazole rings is 1. The van der Waals surface area contributed by atoms with Crippen molar-refractivity contribution in [1.82, 2.24) is 9.13 Å². The summed E-state index contributed by atoms with van der Waals surface area (Å²) >= 11 is 1.33. The molecule has 30 heavy (non-hydrogen) atoms. The number of anilines is 1. The molecule has 6 heteroatoms. The summed E-state index contributed by atoms with van der Waals surface area (Å²) in [5.41, 5.74) is 3.26. The number of carbonyl (C=O) groups excluding carboxylic acids is 1. The van der Waals surface area contributed by atoms with Crippen molar-refractivity contribution in [2.45, 2.75) is 11.9 Å². The molecule has 5 nitrogen and oxygen atoms in total. The number of para-hydroxylation sites is 2. The molecule has 0 saturated carbocycles. The molecular formula is C24H21N3O2S. The van der Waals surface area contributed by atoms with Gasteiger partial charge in [0.05, 0.1) is 17.1 Å². The summed E-state index contributed by atoms with van der Waals surface area (Å²) < 4.78 is 3.24. The van der Waals surface area contributed by atoms with E-state index >= 15 is 0 Å². The molecule has 1 aromatic heterocycles. The Hall–Kier alpha value is -3.51. The van der Waals surface area contributed by atoms with Gasteiger partial charge in [0, 0.05) is 11.9 Å². The number of nitrogens with one attached hydrogen (secondary N) is 1. The highest BCUT2D eigenvalue weighted by Gasteiger charge is 2.16. The van der Waals surface area contributed by atoms with Crippen LogP contribution in [0.1, 0.15) is 5.56 Å². The molecule has 1 heterocycles. The Morgan fingerprint density at radius 2 is 1.47 bits per heavy atom. The smallest absolute Gasteiger partial charge is 0.325 e. The Morgan fingerprint density at radius 1 is 0.867 bits per heavy atom. The van der Waals surface area contributed by atoms with Gasteiger partial charge < -0.3 is 5.32 Å². The van der Waals surface area contributed by atoms with E-state index in [4.69, 9.17) is 0 Å². The normalized spacial score (nSPS) is 10.7. The lowest BCUT2D eigenvalue weighted by Crippen LogP contribution is -2.22. The Kier molecular flexibility index (Phi) is 5.86. The zero-order valence-corrected chi connectivity index (χ0v) is 17.3. The summed E-state index contributed by atoms with van der Waals surface area (Å²) in [6.07, 6.45) is 1.79. The molecule has 1 amide bonds. The quantitative estimate of drug-likeness (QED) is 0.466. The molecule has 0 fully saturated rings. The first kappa shape index (κ1) is 19.8. The second-order valence-corrected chi connectivity index (χ2v) is 7.82. The molecule has 3 aromatic carbocycles. The van der Waals surface area contributed by atoms with E-state index < -0.39 is 0 Å². The van der Waals surface area contributed by atoms with Gasteiger partial charge in [0.2, 0.25) is 5.91 Å². The van der Waals surface area contributed by atoms with E-state index in [-0.39, 0.29) is 17.3 Å².